The Kier molecular flexibility index (Phi) is 4.97. The van der Waals surface area contributed by atoms with Crippen molar-refractivity contribution in [3.05, 3.63) is 23.9 Å². The Morgan fingerprint density at radius 2 is 1.56 bits per heavy atom. The number of hydrogen-bond donors (Lipinski definition) is 0. The van der Waals surface area contributed by atoms with Crippen LogP contribution in [0.5, 0.6) is 0 Å². The van der Waals surface area contributed by atoms with Crippen LogP contribution in [0.25, 0.3) is 0 Å². The summed E-state index contributed by atoms with van der Waals surface area (Å²) in [5, 5.41) is 0. The van der Waals surface area contributed by atoms with E-state index < -0.39 is 0 Å². The molecular formula is C19H28N4O2. The van der Waals surface area contributed by atoms with Crippen molar-refractivity contribution in [3.63, 3.8) is 0 Å². The summed E-state index contributed by atoms with van der Waals surface area (Å²) in [4.78, 5) is 35.8. The predicted molar refractivity (Wildman–Crippen MR) is 97.6 cm³/mol. The second-order valence-electron chi connectivity index (χ2n) is 7.90. The molecule has 2 fully saturated rings. The summed E-state index contributed by atoms with van der Waals surface area (Å²) in [5.41, 5.74) is 0.304. The molecule has 136 valence electrons. The number of pyridine rings is 1. The molecule has 0 bridgehead atoms. The van der Waals surface area contributed by atoms with Gasteiger partial charge in [-0.2, -0.15) is 0 Å². The van der Waals surface area contributed by atoms with Crippen molar-refractivity contribution in [2.24, 2.45) is 5.41 Å². The third kappa shape index (κ3) is 3.78. The highest BCUT2D eigenvalue weighted by Crippen LogP contribution is 2.24. The molecule has 25 heavy (non-hydrogen) atoms. The van der Waals surface area contributed by atoms with Gasteiger partial charge in [0.15, 0.2) is 0 Å². The molecule has 0 aliphatic carbocycles. The Hall–Kier alpha value is -2.11. The highest BCUT2D eigenvalue weighted by molar-refractivity contribution is 5.99. The van der Waals surface area contributed by atoms with Crippen molar-refractivity contribution >= 4 is 17.6 Å². The monoisotopic (exact) mass is 344 g/mol. The van der Waals surface area contributed by atoms with Gasteiger partial charge >= 0.3 is 0 Å². The van der Waals surface area contributed by atoms with Crippen LogP contribution in [0.2, 0.25) is 0 Å². The van der Waals surface area contributed by atoms with Gasteiger partial charge in [0.25, 0.3) is 5.91 Å². The second kappa shape index (κ2) is 7.02. The molecule has 0 saturated carbocycles. The summed E-state index contributed by atoms with van der Waals surface area (Å²) in [6.07, 6.45) is 4.06. The Bertz CT molecular complexity index is 639. The topological polar surface area (TPSA) is 56.8 Å². The van der Waals surface area contributed by atoms with E-state index in [2.05, 4.69) is 9.88 Å². The maximum absolute atomic E-state index is 13.0. The fraction of sp³-hybridized carbons (Fsp3) is 0.632. The van der Waals surface area contributed by atoms with Crippen LogP contribution in [-0.4, -0.2) is 65.9 Å². The SMILES string of the molecule is CC(C)(C)C(=O)N1CCN(C(=O)c2cccnc2N2CCCC2)CC1. The van der Waals surface area contributed by atoms with Crippen molar-refractivity contribution in [1.82, 2.24) is 14.8 Å². The molecule has 0 atom stereocenters. The van der Waals surface area contributed by atoms with Crippen molar-refractivity contribution in [3.8, 4) is 0 Å². The van der Waals surface area contributed by atoms with Crippen LogP contribution in [0.1, 0.15) is 44.0 Å². The van der Waals surface area contributed by atoms with Gasteiger partial charge in [-0.3, -0.25) is 9.59 Å². The first-order chi connectivity index (χ1) is 11.9. The van der Waals surface area contributed by atoms with Crippen LogP contribution < -0.4 is 4.90 Å². The zero-order valence-corrected chi connectivity index (χ0v) is 15.5. The Morgan fingerprint density at radius 3 is 2.16 bits per heavy atom. The summed E-state index contributed by atoms with van der Waals surface area (Å²) in [7, 11) is 0. The van der Waals surface area contributed by atoms with Crippen LogP contribution in [-0.2, 0) is 4.79 Å². The highest BCUT2D eigenvalue weighted by Gasteiger charge is 2.32. The lowest BCUT2D eigenvalue weighted by atomic mass is 9.94. The molecule has 2 saturated heterocycles. The van der Waals surface area contributed by atoms with E-state index in [4.69, 9.17) is 0 Å². The summed E-state index contributed by atoms with van der Waals surface area (Å²) < 4.78 is 0. The van der Waals surface area contributed by atoms with Crippen molar-refractivity contribution in [1.29, 1.82) is 0 Å². The number of piperazine rings is 1. The van der Waals surface area contributed by atoms with Crippen LogP contribution in [0, 0.1) is 5.41 Å². The molecule has 6 nitrogen and oxygen atoms in total. The third-order valence-electron chi connectivity index (χ3n) is 4.92. The van der Waals surface area contributed by atoms with E-state index >= 15 is 0 Å². The molecule has 3 rings (SSSR count). The molecule has 3 heterocycles. The molecular weight excluding hydrogens is 316 g/mol. The summed E-state index contributed by atoms with van der Waals surface area (Å²) in [6, 6.07) is 3.70. The Labute approximate surface area is 149 Å². The number of anilines is 1. The largest absolute Gasteiger partial charge is 0.356 e. The van der Waals surface area contributed by atoms with Gasteiger partial charge in [-0.15, -0.1) is 0 Å². The van der Waals surface area contributed by atoms with Gasteiger partial charge in [0, 0.05) is 50.9 Å². The minimum absolute atomic E-state index is 0.0258. The van der Waals surface area contributed by atoms with E-state index in [0.717, 1.165) is 31.7 Å². The van der Waals surface area contributed by atoms with E-state index in [1.807, 2.05) is 42.7 Å². The van der Waals surface area contributed by atoms with Gasteiger partial charge in [0.05, 0.1) is 5.56 Å². The highest BCUT2D eigenvalue weighted by atomic mass is 16.2. The lowest BCUT2D eigenvalue weighted by Gasteiger charge is -2.38. The first kappa shape index (κ1) is 17.7. The number of aromatic nitrogens is 1. The molecule has 2 aliphatic heterocycles. The van der Waals surface area contributed by atoms with Crippen molar-refractivity contribution in [2.45, 2.75) is 33.6 Å². The first-order valence-corrected chi connectivity index (χ1v) is 9.16. The minimum Gasteiger partial charge on any atom is -0.356 e. The lowest BCUT2D eigenvalue weighted by Crippen LogP contribution is -2.53. The molecule has 0 aromatic carbocycles. The zero-order chi connectivity index (χ0) is 18.0. The van der Waals surface area contributed by atoms with Crippen LogP contribution in [0.4, 0.5) is 5.82 Å². The molecule has 0 radical (unpaired) electrons. The molecule has 1 aromatic heterocycles. The molecule has 2 aliphatic rings. The average molecular weight is 344 g/mol. The van der Waals surface area contributed by atoms with Crippen LogP contribution >= 0.6 is 0 Å². The summed E-state index contributed by atoms with van der Waals surface area (Å²) in [5.74, 6) is 0.981. The molecule has 1 aromatic rings. The Morgan fingerprint density at radius 1 is 0.960 bits per heavy atom. The van der Waals surface area contributed by atoms with Gasteiger partial charge in [0.2, 0.25) is 5.91 Å². The first-order valence-electron chi connectivity index (χ1n) is 9.16. The second-order valence-corrected chi connectivity index (χ2v) is 7.90. The summed E-state index contributed by atoms with van der Waals surface area (Å²) >= 11 is 0. The van der Waals surface area contributed by atoms with Gasteiger partial charge in [-0.05, 0) is 25.0 Å². The quantitative estimate of drug-likeness (QED) is 0.823. The smallest absolute Gasteiger partial charge is 0.257 e. The van der Waals surface area contributed by atoms with E-state index in [0.29, 0.717) is 31.7 Å². The lowest BCUT2D eigenvalue weighted by molar-refractivity contribution is -0.140. The fourth-order valence-electron chi connectivity index (χ4n) is 3.50. The van der Waals surface area contributed by atoms with Crippen LogP contribution in [0.3, 0.4) is 0 Å². The zero-order valence-electron chi connectivity index (χ0n) is 15.5. The maximum Gasteiger partial charge on any atom is 0.257 e. The molecule has 6 heteroatoms. The van der Waals surface area contributed by atoms with Gasteiger partial charge in [0.1, 0.15) is 5.82 Å². The van der Waals surface area contributed by atoms with Gasteiger partial charge < -0.3 is 14.7 Å². The van der Waals surface area contributed by atoms with E-state index in [1.54, 1.807) is 6.20 Å². The normalized spacial score (nSPS) is 18.6. The van der Waals surface area contributed by atoms with Crippen molar-refractivity contribution in [2.75, 3.05) is 44.2 Å². The number of hydrogen-bond acceptors (Lipinski definition) is 4. The minimum atomic E-state index is -0.377. The predicted octanol–water partition coefficient (Wildman–Crippen LogP) is 2.01. The number of amides is 2. The fourth-order valence-corrected chi connectivity index (χ4v) is 3.50. The van der Waals surface area contributed by atoms with E-state index in [-0.39, 0.29) is 17.2 Å². The Balaban J connectivity index is 1.68. The molecule has 2 amide bonds. The number of carbonyl (C=O) groups is 2. The van der Waals surface area contributed by atoms with E-state index in [1.165, 1.54) is 0 Å². The third-order valence-corrected chi connectivity index (χ3v) is 4.92. The molecule has 0 unspecified atom stereocenters. The van der Waals surface area contributed by atoms with Gasteiger partial charge in [-0.1, -0.05) is 20.8 Å². The maximum atomic E-state index is 13.0. The van der Waals surface area contributed by atoms with Gasteiger partial charge in [-0.25, -0.2) is 4.98 Å². The molecule has 0 N–H and O–H groups in total. The van der Waals surface area contributed by atoms with E-state index in [9.17, 15) is 9.59 Å². The standard InChI is InChI=1S/C19H28N4O2/c1-19(2,3)18(25)23-13-11-22(12-14-23)17(24)15-7-6-8-20-16(15)21-9-4-5-10-21/h6-8H,4-5,9-14H2,1-3H3. The van der Waals surface area contributed by atoms with Crippen molar-refractivity contribution < 1.29 is 9.59 Å². The number of rotatable bonds is 2. The van der Waals surface area contributed by atoms with Crippen LogP contribution in [0.15, 0.2) is 18.3 Å². The molecule has 0 spiro atoms. The summed E-state index contributed by atoms with van der Waals surface area (Å²) in [6.45, 7) is 10.1. The number of carbonyl (C=O) groups excluding carboxylic acids is 2. The average Bonchev–Trinajstić information content (AvgIpc) is 3.14. The number of nitrogens with zero attached hydrogens (tertiary/aromatic N) is 4.